The topological polar surface area (TPSA) is 38.3 Å². The molecule has 1 heterocycles. The first kappa shape index (κ1) is 14.7. The van der Waals surface area contributed by atoms with Gasteiger partial charge in [-0.15, -0.1) is 11.3 Å². The van der Waals surface area contributed by atoms with Gasteiger partial charge in [-0.25, -0.2) is 0 Å². The smallest absolute Gasteiger partial charge is 0.262 e. The summed E-state index contributed by atoms with van der Waals surface area (Å²) in [5, 5.41) is 4.72. The van der Waals surface area contributed by atoms with E-state index in [0.29, 0.717) is 23.9 Å². The summed E-state index contributed by atoms with van der Waals surface area (Å²) in [6.07, 6.45) is 1.06. The van der Waals surface area contributed by atoms with E-state index in [4.69, 9.17) is 4.74 Å². The number of carbonyl (C=O) groups excluding carboxylic acids is 1. The van der Waals surface area contributed by atoms with Gasteiger partial charge < -0.3 is 10.1 Å². The number of hydrogen-bond donors (Lipinski definition) is 1. The number of rotatable bonds is 7. The molecule has 0 saturated heterocycles. The van der Waals surface area contributed by atoms with Crippen LogP contribution in [0.1, 0.15) is 29.9 Å². The quantitative estimate of drug-likeness (QED) is 0.783. The third kappa shape index (κ3) is 5.66. The Labute approximate surface area is 115 Å². The van der Waals surface area contributed by atoms with Crippen molar-refractivity contribution in [1.82, 2.24) is 5.32 Å². The molecule has 0 bridgehead atoms. The molecule has 1 amide bonds. The highest BCUT2D eigenvalue weighted by molar-refractivity contribution is 9.10. The van der Waals surface area contributed by atoms with E-state index in [-0.39, 0.29) is 5.91 Å². The van der Waals surface area contributed by atoms with Gasteiger partial charge in [-0.05, 0) is 39.7 Å². The van der Waals surface area contributed by atoms with Gasteiger partial charge in [0.05, 0.1) is 6.61 Å². The number of amides is 1. The van der Waals surface area contributed by atoms with Crippen LogP contribution < -0.4 is 5.32 Å². The second-order valence-corrected chi connectivity index (χ2v) is 5.92. The first-order valence-electron chi connectivity index (χ1n) is 5.70. The van der Waals surface area contributed by atoms with Crippen molar-refractivity contribution in [1.29, 1.82) is 0 Å². The highest BCUT2D eigenvalue weighted by Crippen LogP contribution is 2.22. The Hall–Kier alpha value is -0.390. The standard InChI is InChI=1S/C12H18BrNO2S/c1-9(2)3-6-16-7-5-14-12(15)11-10(13)4-8-17-11/h4,8-9H,3,5-7H2,1-2H3,(H,14,15). The predicted octanol–water partition coefficient (Wildman–Crippen LogP) is 3.30. The highest BCUT2D eigenvalue weighted by Gasteiger charge is 2.10. The van der Waals surface area contributed by atoms with Gasteiger partial charge in [-0.2, -0.15) is 0 Å². The first-order valence-corrected chi connectivity index (χ1v) is 7.37. The molecule has 0 spiro atoms. The second kappa shape index (κ2) is 7.84. The molecular weight excluding hydrogens is 302 g/mol. The molecular formula is C12H18BrNO2S. The molecule has 0 aliphatic heterocycles. The lowest BCUT2D eigenvalue weighted by atomic mass is 10.1. The minimum Gasteiger partial charge on any atom is -0.380 e. The fourth-order valence-electron chi connectivity index (χ4n) is 1.19. The molecule has 5 heteroatoms. The zero-order valence-electron chi connectivity index (χ0n) is 10.2. The minimum atomic E-state index is -0.0423. The molecule has 1 aromatic rings. The van der Waals surface area contributed by atoms with Gasteiger partial charge >= 0.3 is 0 Å². The van der Waals surface area contributed by atoms with Crippen molar-refractivity contribution >= 4 is 33.2 Å². The molecule has 0 fully saturated rings. The monoisotopic (exact) mass is 319 g/mol. The molecule has 0 saturated carbocycles. The normalized spacial score (nSPS) is 10.8. The zero-order chi connectivity index (χ0) is 12.7. The lowest BCUT2D eigenvalue weighted by Gasteiger charge is -2.07. The van der Waals surface area contributed by atoms with Crippen LogP contribution in [0, 0.1) is 5.92 Å². The number of carbonyl (C=O) groups is 1. The van der Waals surface area contributed by atoms with E-state index in [2.05, 4.69) is 35.1 Å². The molecule has 96 valence electrons. The molecule has 1 aromatic heterocycles. The zero-order valence-corrected chi connectivity index (χ0v) is 12.6. The Morgan fingerprint density at radius 1 is 1.53 bits per heavy atom. The van der Waals surface area contributed by atoms with Crippen molar-refractivity contribution in [2.24, 2.45) is 5.92 Å². The Kier molecular flexibility index (Phi) is 6.77. The number of thiophene rings is 1. The van der Waals surface area contributed by atoms with Crippen LogP contribution in [0.3, 0.4) is 0 Å². The predicted molar refractivity (Wildman–Crippen MR) is 74.6 cm³/mol. The summed E-state index contributed by atoms with van der Waals surface area (Å²) in [7, 11) is 0. The Balaban J connectivity index is 2.11. The van der Waals surface area contributed by atoms with Crippen LogP contribution in [0.5, 0.6) is 0 Å². The van der Waals surface area contributed by atoms with Crippen molar-refractivity contribution in [2.75, 3.05) is 19.8 Å². The molecule has 0 aromatic carbocycles. The lowest BCUT2D eigenvalue weighted by molar-refractivity contribution is 0.0909. The van der Waals surface area contributed by atoms with Crippen LogP contribution in [0.4, 0.5) is 0 Å². The van der Waals surface area contributed by atoms with Gasteiger partial charge in [0, 0.05) is 17.6 Å². The SMILES string of the molecule is CC(C)CCOCCNC(=O)c1sccc1Br. The molecule has 0 unspecified atom stereocenters. The van der Waals surface area contributed by atoms with Crippen molar-refractivity contribution in [3.8, 4) is 0 Å². The summed E-state index contributed by atoms with van der Waals surface area (Å²) in [4.78, 5) is 12.4. The first-order chi connectivity index (χ1) is 8.11. The average Bonchev–Trinajstić information content (AvgIpc) is 2.69. The minimum absolute atomic E-state index is 0.0423. The maximum atomic E-state index is 11.7. The third-order valence-electron chi connectivity index (χ3n) is 2.19. The van der Waals surface area contributed by atoms with Crippen LogP contribution in [-0.4, -0.2) is 25.7 Å². The van der Waals surface area contributed by atoms with E-state index in [1.165, 1.54) is 11.3 Å². The number of ether oxygens (including phenoxy) is 1. The summed E-state index contributed by atoms with van der Waals surface area (Å²) in [6.45, 7) is 6.22. The Bertz CT molecular complexity index is 352. The van der Waals surface area contributed by atoms with Crippen LogP contribution in [0.2, 0.25) is 0 Å². The summed E-state index contributed by atoms with van der Waals surface area (Å²) in [5.74, 6) is 0.617. The molecule has 1 rings (SSSR count). The molecule has 1 N–H and O–H groups in total. The summed E-state index contributed by atoms with van der Waals surface area (Å²) >= 11 is 4.77. The van der Waals surface area contributed by atoms with Crippen LogP contribution in [-0.2, 0) is 4.74 Å². The molecule has 17 heavy (non-hydrogen) atoms. The van der Waals surface area contributed by atoms with Gasteiger partial charge in [0.15, 0.2) is 0 Å². The number of halogens is 1. The van der Waals surface area contributed by atoms with E-state index in [1.807, 2.05) is 11.4 Å². The van der Waals surface area contributed by atoms with Gasteiger partial charge in [0.1, 0.15) is 4.88 Å². The van der Waals surface area contributed by atoms with E-state index in [9.17, 15) is 4.79 Å². The van der Waals surface area contributed by atoms with Gasteiger partial charge in [0.25, 0.3) is 5.91 Å². The fourth-order valence-corrected chi connectivity index (χ4v) is 2.66. The molecule has 3 nitrogen and oxygen atoms in total. The van der Waals surface area contributed by atoms with Gasteiger partial charge in [-0.3, -0.25) is 4.79 Å². The van der Waals surface area contributed by atoms with E-state index < -0.39 is 0 Å². The summed E-state index contributed by atoms with van der Waals surface area (Å²) in [6, 6.07) is 1.87. The van der Waals surface area contributed by atoms with Crippen LogP contribution in [0.25, 0.3) is 0 Å². The van der Waals surface area contributed by atoms with E-state index in [1.54, 1.807) is 0 Å². The maximum absolute atomic E-state index is 11.7. The third-order valence-corrected chi connectivity index (χ3v) is 4.03. The maximum Gasteiger partial charge on any atom is 0.262 e. The van der Waals surface area contributed by atoms with Gasteiger partial charge in [-0.1, -0.05) is 13.8 Å². The highest BCUT2D eigenvalue weighted by atomic mass is 79.9. The number of hydrogen-bond acceptors (Lipinski definition) is 3. The molecule has 0 radical (unpaired) electrons. The van der Waals surface area contributed by atoms with Crippen molar-refractivity contribution in [3.05, 3.63) is 20.8 Å². The summed E-state index contributed by atoms with van der Waals surface area (Å²) < 4.78 is 6.27. The van der Waals surface area contributed by atoms with Crippen LogP contribution in [0.15, 0.2) is 15.9 Å². The van der Waals surface area contributed by atoms with E-state index in [0.717, 1.165) is 17.5 Å². The number of nitrogens with one attached hydrogen (secondary N) is 1. The van der Waals surface area contributed by atoms with Crippen molar-refractivity contribution in [3.63, 3.8) is 0 Å². The average molecular weight is 320 g/mol. The Morgan fingerprint density at radius 3 is 2.88 bits per heavy atom. The molecule has 0 aliphatic carbocycles. The second-order valence-electron chi connectivity index (χ2n) is 4.15. The summed E-state index contributed by atoms with van der Waals surface area (Å²) in [5.41, 5.74) is 0. The van der Waals surface area contributed by atoms with Crippen molar-refractivity contribution in [2.45, 2.75) is 20.3 Å². The largest absolute Gasteiger partial charge is 0.380 e. The van der Waals surface area contributed by atoms with Gasteiger partial charge in [0.2, 0.25) is 0 Å². The van der Waals surface area contributed by atoms with Crippen molar-refractivity contribution < 1.29 is 9.53 Å². The van der Waals surface area contributed by atoms with Crippen LogP contribution >= 0.6 is 27.3 Å². The molecule has 0 atom stereocenters. The Morgan fingerprint density at radius 2 is 2.29 bits per heavy atom. The fraction of sp³-hybridized carbons (Fsp3) is 0.583. The lowest BCUT2D eigenvalue weighted by Crippen LogP contribution is -2.27. The molecule has 0 aliphatic rings. The van der Waals surface area contributed by atoms with E-state index >= 15 is 0 Å².